The van der Waals surface area contributed by atoms with E-state index in [1.54, 1.807) is 56.7 Å². The quantitative estimate of drug-likeness (QED) is 0.408. The molecule has 1 heterocycles. The molecule has 0 aliphatic carbocycles. The van der Waals surface area contributed by atoms with E-state index in [1.165, 1.54) is 4.90 Å². The van der Waals surface area contributed by atoms with Gasteiger partial charge in [-0.25, -0.2) is 0 Å². The number of ketones is 1. The van der Waals surface area contributed by atoms with Crippen molar-refractivity contribution in [1.82, 2.24) is 4.90 Å². The third-order valence-electron chi connectivity index (χ3n) is 5.17. The Morgan fingerprint density at radius 2 is 1.70 bits per heavy atom. The molecule has 1 amide bonds. The number of hydrogen-bond acceptors (Lipinski definition) is 5. The molecule has 0 bridgehead atoms. The zero-order chi connectivity index (χ0) is 21.8. The Balaban J connectivity index is 2.13. The standard InChI is InChI=1S/C23H26N2O5/c1-24(2)12-13-25-20(16-6-5-7-18(14-16)30-4)19(22(27)23(25)28)21(26)15-8-10-17(29-3)11-9-15/h5-11,14,20,26H,12-13H2,1-4H3/p+1/t20-/m1/s1. The zero-order valence-electron chi connectivity index (χ0n) is 17.6. The third kappa shape index (κ3) is 4.16. The number of quaternary nitrogens is 1. The van der Waals surface area contributed by atoms with Crippen molar-refractivity contribution in [1.29, 1.82) is 0 Å². The first-order valence-corrected chi connectivity index (χ1v) is 9.73. The first-order valence-electron chi connectivity index (χ1n) is 9.73. The summed E-state index contributed by atoms with van der Waals surface area (Å²) < 4.78 is 10.5. The van der Waals surface area contributed by atoms with Gasteiger partial charge in [-0.2, -0.15) is 0 Å². The lowest BCUT2D eigenvalue weighted by molar-refractivity contribution is -0.857. The Hall–Kier alpha value is -3.32. The third-order valence-corrected chi connectivity index (χ3v) is 5.17. The fourth-order valence-corrected chi connectivity index (χ4v) is 3.52. The molecule has 1 aliphatic rings. The van der Waals surface area contributed by atoms with E-state index in [0.717, 1.165) is 4.90 Å². The molecule has 30 heavy (non-hydrogen) atoms. The highest BCUT2D eigenvalue weighted by molar-refractivity contribution is 6.46. The van der Waals surface area contributed by atoms with E-state index in [-0.39, 0.29) is 11.3 Å². The number of likely N-dealkylation sites (N-methyl/N-ethyl adjacent to an activating group) is 1. The molecule has 158 valence electrons. The number of aliphatic hydroxyl groups is 1. The van der Waals surface area contributed by atoms with Gasteiger partial charge >= 0.3 is 0 Å². The first kappa shape index (κ1) is 21.4. The second-order valence-corrected chi connectivity index (χ2v) is 7.45. The molecule has 0 spiro atoms. The maximum Gasteiger partial charge on any atom is 0.295 e. The van der Waals surface area contributed by atoms with Crippen LogP contribution in [0.15, 0.2) is 54.1 Å². The van der Waals surface area contributed by atoms with E-state index in [1.807, 2.05) is 20.2 Å². The van der Waals surface area contributed by atoms with Gasteiger partial charge in [0.25, 0.3) is 11.7 Å². The van der Waals surface area contributed by atoms with E-state index < -0.39 is 17.7 Å². The number of aliphatic hydroxyl groups excluding tert-OH is 1. The highest BCUT2D eigenvalue weighted by Gasteiger charge is 2.46. The molecular formula is C23H27N2O5+. The number of carbonyl (C=O) groups excluding carboxylic acids is 2. The smallest absolute Gasteiger partial charge is 0.295 e. The van der Waals surface area contributed by atoms with Gasteiger partial charge in [0.05, 0.1) is 53.0 Å². The average Bonchev–Trinajstić information content (AvgIpc) is 3.02. The highest BCUT2D eigenvalue weighted by atomic mass is 16.5. The van der Waals surface area contributed by atoms with Crippen molar-refractivity contribution in [2.75, 3.05) is 41.4 Å². The van der Waals surface area contributed by atoms with Gasteiger partial charge in [-0.1, -0.05) is 12.1 Å². The van der Waals surface area contributed by atoms with Crippen LogP contribution in [0.25, 0.3) is 5.76 Å². The summed E-state index contributed by atoms with van der Waals surface area (Å²) in [4.78, 5) is 28.5. The second-order valence-electron chi connectivity index (χ2n) is 7.45. The van der Waals surface area contributed by atoms with Crippen LogP contribution in [0.1, 0.15) is 17.2 Å². The summed E-state index contributed by atoms with van der Waals surface area (Å²) in [6, 6.07) is 13.2. The molecule has 1 atom stereocenters. The van der Waals surface area contributed by atoms with E-state index >= 15 is 0 Å². The number of benzene rings is 2. The Labute approximate surface area is 176 Å². The van der Waals surface area contributed by atoms with Crippen LogP contribution >= 0.6 is 0 Å². The molecule has 0 radical (unpaired) electrons. The first-order chi connectivity index (χ1) is 14.4. The fourth-order valence-electron chi connectivity index (χ4n) is 3.52. The van der Waals surface area contributed by atoms with Crippen molar-refractivity contribution in [3.8, 4) is 11.5 Å². The van der Waals surface area contributed by atoms with Crippen molar-refractivity contribution in [2.45, 2.75) is 6.04 Å². The molecule has 3 rings (SSSR count). The molecule has 0 aromatic heterocycles. The Kier molecular flexibility index (Phi) is 6.42. The monoisotopic (exact) mass is 411 g/mol. The number of likely N-dealkylation sites (tertiary alicyclic amines) is 1. The Morgan fingerprint density at radius 3 is 2.30 bits per heavy atom. The number of Topliss-reactive ketones (excluding diaryl/α,β-unsaturated/α-hetero) is 1. The summed E-state index contributed by atoms with van der Waals surface area (Å²) in [5, 5.41) is 11.0. The summed E-state index contributed by atoms with van der Waals surface area (Å²) in [7, 11) is 7.07. The van der Waals surface area contributed by atoms with Crippen molar-refractivity contribution < 1.29 is 29.1 Å². The second kappa shape index (κ2) is 9.00. The van der Waals surface area contributed by atoms with E-state index in [9.17, 15) is 14.7 Å². The van der Waals surface area contributed by atoms with Crippen LogP contribution < -0.4 is 14.4 Å². The Morgan fingerprint density at radius 1 is 1.03 bits per heavy atom. The summed E-state index contributed by atoms with van der Waals surface area (Å²) in [5.41, 5.74) is 1.23. The SMILES string of the molecule is COc1ccc(C(O)=C2C(=O)C(=O)N(CC[NH+](C)C)[C@@H]2c2cccc(OC)c2)cc1. The van der Waals surface area contributed by atoms with Crippen LogP contribution in [0.4, 0.5) is 0 Å². The van der Waals surface area contributed by atoms with Gasteiger partial charge in [0.1, 0.15) is 17.3 Å². The van der Waals surface area contributed by atoms with Gasteiger partial charge in [-0.3, -0.25) is 9.59 Å². The number of nitrogens with zero attached hydrogens (tertiary/aromatic N) is 1. The topological polar surface area (TPSA) is 80.5 Å². The molecule has 1 aliphatic heterocycles. The van der Waals surface area contributed by atoms with Crippen molar-refractivity contribution in [3.05, 3.63) is 65.2 Å². The molecule has 7 heteroatoms. The number of carbonyl (C=O) groups is 2. The molecule has 0 unspecified atom stereocenters. The van der Waals surface area contributed by atoms with Crippen LogP contribution in [-0.2, 0) is 9.59 Å². The van der Waals surface area contributed by atoms with Gasteiger partial charge in [0, 0.05) is 5.56 Å². The normalized spacial score (nSPS) is 18.2. The minimum atomic E-state index is -0.693. The molecule has 1 fully saturated rings. The summed E-state index contributed by atoms with van der Waals surface area (Å²) in [6.07, 6.45) is 0. The molecule has 2 N–H and O–H groups in total. The zero-order valence-corrected chi connectivity index (χ0v) is 17.6. The molecule has 7 nitrogen and oxygen atoms in total. The van der Waals surface area contributed by atoms with E-state index in [2.05, 4.69) is 0 Å². The predicted molar refractivity (Wildman–Crippen MR) is 113 cm³/mol. The van der Waals surface area contributed by atoms with Gasteiger partial charge in [0.2, 0.25) is 0 Å². The Bertz CT molecular complexity index is 966. The molecule has 1 saturated heterocycles. The lowest BCUT2D eigenvalue weighted by Gasteiger charge is -2.26. The number of hydrogen-bond donors (Lipinski definition) is 2. The molecule has 2 aromatic rings. The minimum Gasteiger partial charge on any atom is -0.507 e. The number of methoxy groups -OCH3 is 2. The summed E-state index contributed by atoms with van der Waals surface area (Å²) in [5.74, 6) is -0.265. The van der Waals surface area contributed by atoms with Crippen molar-refractivity contribution in [3.63, 3.8) is 0 Å². The maximum atomic E-state index is 13.0. The van der Waals surface area contributed by atoms with Crippen LogP contribution in [0, 0.1) is 0 Å². The van der Waals surface area contributed by atoms with Crippen molar-refractivity contribution in [2.24, 2.45) is 0 Å². The van der Waals surface area contributed by atoms with Gasteiger partial charge < -0.3 is 24.4 Å². The van der Waals surface area contributed by atoms with Gasteiger partial charge in [-0.15, -0.1) is 0 Å². The number of rotatable bonds is 7. The minimum absolute atomic E-state index is 0.0761. The summed E-state index contributed by atoms with van der Waals surface area (Å²) in [6.45, 7) is 1.05. The molecule has 0 saturated carbocycles. The number of ether oxygens (including phenoxy) is 2. The number of nitrogens with one attached hydrogen (secondary N) is 1. The van der Waals surface area contributed by atoms with E-state index in [0.29, 0.717) is 35.7 Å². The van der Waals surface area contributed by atoms with Gasteiger partial charge in [-0.05, 0) is 42.0 Å². The summed E-state index contributed by atoms with van der Waals surface area (Å²) >= 11 is 0. The predicted octanol–water partition coefficient (Wildman–Crippen LogP) is 1.27. The lowest BCUT2D eigenvalue weighted by Crippen LogP contribution is -3.06. The van der Waals surface area contributed by atoms with Gasteiger partial charge in [0.15, 0.2) is 0 Å². The average molecular weight is 411 g/mol. The highest BCUT2D eigenvalue weighted by Crippen LogP contribution is 2.40. The molecule has 2 aromatic carbocycles. The van der Waals surface area contributed by atoms with Crippen LogP contribution in [0.5, 0.6) is 11.5 Å². The fraction of sp³-hybridized carbons (Fsp3) is 0.304. The largest absolute Gasteiger partial charge is 0.507 e. The lowest BCUT2D eigenvalue weighted by atomic mass is 9.95. The van der Waals surface area contributed by atoms with E-state index in [4.69, 9.17) is 9.47 Å². The van der Waals surface area contributed by atoms with Crippen LogP contribution in [0.3, 0.4) is 0 Å². The van der Waals surface area contributed by atoms with Crippen LogP contribution in [0.2, 0.25) is 0 Å². The maximum absolute atomic E-state index is 13.0. The van der Waals surface area contributed by atoms with Crippen molar-refractivity contribution >= 4 is 17.4 Å². The molecular weight excluding hydrogens is 384 g/mol. The van der Waals surface area contributed by atoms with Crippen LogP contribution in [-0.4, -0.2) is 63.1 Å². The number of amides is 1.